The zero-order valence-electron chi connectivity index (χ0n) is 18.6. The van der Waals surface area contributed by atoms with Crippen LogP contribution in [-0.4, -0.2) is 36.6 Å². The summed E-state index contributed by atoms with van der Waals surface area (Å²) >= 11 is 1.52. The van der Waals surface area contributed by atoms with Crippen molar-refractivity contribution in [3.05, 3.63) is 34.3 Å². The molecule has 2 aromatic rings. The average Bonchev–Trinajstić information content (AvgIpc) is 3.23. The van der Waals surface area contributed by atoms with E-state index in [9.17, 15) is 4.79 Å². The molecule has 4 rings (SSSR count). The number of fused-ring (bicyclic) bond motifs is 1. The Morgan fingerprint density at radius 3 is 2.65 bits per heavy atom. The van der Waals surface area contributed by atoms with Crippen molar-refractivity contribution >= 4 is 22.4 Å². The van der Waals surface area contributed by atoms with Gasteiger partial charge in [0.1, 0.15) is 0 Å². The number of amides is 1. The maximum atomic E-state index is 12.3. The summed E-state index contributed by atoms with van der Waals surface area (Å²) in [4.78, 5) is 19.4. The number of aromatic nitrogens is 1. The Bertz CT molecular complexity index is 892. The number of carbonyl (C=O) groups is 1. The second-order valence-electron chi connectivity index (χ2n) is 8.67. The molecule has 0 spiro atoms. The van der Waals surface area contributed by atoms with Gasteiger partial charge in [-0.15, -0.1) is 11.3 Å². The molecule has 7 heteroatoms. The van der Waals surface area contributed by atoms with Gasteiger partial charge in [0.2, 0.25) is 5.91 Å². The minimum atomic E-state index is 0.0967. The SMILES string of the molecule is COc1cc2c(cc1OC)CN(Cc1csc(NC(=O)CCC3CCCCC3)n1)CC2. The van der Waals surface area contributed by atoms with E-state index < -0.39 is 0 Å². The van der Waals surface area contributed by atoms with Crippen LogP contribution in [0, 0.1) is 5.92 Å². The fourth-order valence-corrected chi connectivity index (χ4v) is 5.45. The molecular weight excluding hydrogens is 410 g/mol. The number of hydrogen-bond acceptors (Lipinski definition) is 6. The van der Waals surface area contributed by atoms with Crippen LogP contribution in [0.5, 0.6) is 11.5 Å². The van der Waals surface area contributed by atoms with Crippen LogP contribution < -0.4 is 14.8 Å². The van der Waals surface area contributed by atoms with Gasteiger partial charge in [0.05, 0.1) is 19.9 Å². The normalized spacial score (nSPS) is 17.2. The van der Waals surface area contributed by atoms with Crippen LogP contribution in [0.15, 0.2) is 17.5 Å². The lowest BCUT2D eigenvalue weighted by atomic mass is 9.86. The maximum absolute atomic E-state index is 12.3. The van der Waals surface area contributed by atoms with Crippen molar-refractivity contribution < 1.29 is 14.3 Å². The monoisotopic (exact) mass is 443 g/mol. The van der Waals surface area contributed by atoms with Gasteiger partial charge in [-0.2, -0.15) is 0 Å². The van der Waals surface area contributed by atoms with Crippen molar-refractivity contribution in [1.82, 2.24) is 9.88 Å². The van der Waals surface area contributed by atoms with Crippen molar-refractivity contribution in [2.24, 2.45) is 5.92 Å². The molecule has 1 amide bonds. The van der Waals surface area contributed by atoms with E-state index in [0.29, 0.717) is 11.6 Å². The highest BCUT2D eigenvalue weighted by Crippen LogP contribution is 2.33. The fraction of sp³-hybridized carbons (Fsp3) is 0.583. The molecule has 1 aliphatic heterocycles. The minimum Gasteiger partial charge on any atom is -0.493 e. The molecule has 1 fully saturated rings. The van der Waals surface area contributed by atoms with Crippen LogP contribution in [0.4, 0.5) is 5.13 Å². The van der Waals surface area contributed by atoms with Crippen LogP contribution in [0.2, 0.25) is 0 Å². The van der Waals surface area contributed by atoms with Gasteiger partial charge in [-0.3, -0.25) is 9.69 Å². The number of anilines is 1. The quantitative estimate of drug-likeness (QED) is 0.621. The number of benzene rings is 1. The van der Waals surface area contributed by atoms with E-state index in [2.05, 4.69) is 32.7 Å². The average molecular weight is 444 g/mol. The summed E-state index contributed by atoms with van der Waals surface area (Å²) < 4.78 is 10.9. The number of carbonyl (C=O) groups excluding carboxylic acids is 1. The molecule has 31 heavy (non-hydrogen) atoms. The molecule has 2 heterocycles. The van der Waals surface area contributed by atoms with Gasteiger partial charge in [0, 0.05) is 31.4 Å². The smallest absolute Gasteiger partial charge is 0.226 e. The molecule has 0 radical (unpaired) electrons. The first-order valence-corrected chi connectivity index (χ1v) is 12.2. The number of ether oxygens (including phenoxy) is 2. The van der Waals surface area contributed by atoms with Gasteiger partial charge >= 0.3 is 0 Å². The van der Waals surface area contributed by atoms with E-state index in [4.69, 9.17) is 9.47 Å². The lowest BCUT2D eigenvalue weighted by molar-refractivity contribution is -0.116. The Morgan fingerprint density at radius 2 is 1.90 bits per heavy atom. The molecule has 2 aliphatic rings. The van der Waals surface area contributed by atoms with Crippen molar-refractivity contribution in [1.29, 1.82) is 0 Å². The molecule has 0 atom stereocenters. The second-order valence-corrected chi connectivity index (χ2v) is 9.53. The molecule has 0 saturated heterocycles. The highest BCUT2D eigenvalue weighted by Gasteiger charge is 2.21. The fourth-order valence-electron chi connectivity index (χ4n) is 4.74. The molecule has 1 aliphatic carbocycles. The first-order valence-electron chi connectivity index (χ1n) is 11.3. The second kappa shape index (κ2) is 10.5. The van der Waals surface area contributed by atoms with Gasteiger partial charge in [-0.25, -0.2) is 4.98 Å². The molecule has 6 nitrogen and oxygen atoms in total. The van der Waals surface area contributed by atoms with Gasteiger partial charge in [-0.1, -0.05) is 32.1 Å². The number of nitrogens with zero attached hydrogens (tertiary/aromatic N) is 2. The summed E-state index contributed by atoms with van der Waals surface area (Å²) in [5, 5.41) is 5.77. The van der Waals surface area contributed by atoms with Crippen molar-refractivity contribution in [2.45, 2.75) is 64.5 Å². The third kappa shape index (κ3) is 5.77. The van der Waals surface area contributed by atoms with Crippen LogP contribution in [0.1, 0.15) is 61.8 Å². The molecule has 1 aromatic heterocycles. The lowest BCUT2D eigenvalue weighted by Crippen LogP contribution is -2.30. The van der Waals surface area contributed by atoms with Crippen molar-refractivity contribution in [3.63, 3.8) is 0 Å². The van der Waals surface area contributed by atoms with Gasteiger partial charge in [0.25, 0.3) is 0 Å². The van der Waals surface area contributed by atoms with Crippen molar-refractivity contribution in [2.75, 3.05) is 26.1 Å². The Morgan fingerprint density at radius 1 is 1.16 bits per heavy atom. The number of nitrogens with one attached hydrogen (secondary N) is 1. The molecule has 1 aromatic carbocycles. The number of rotatable bonds is 8. The van der Waals surface area contributed by atoms with Crippen LogP contribution in [0.3, 0.4) is 0 Å². The predicted octanol–water partition coefficient (Wildman–Crippen LogP) is 5.02. The predicted molar refractivity (Wildman–Crippen MR) is 124 cm³/mol. The third-order valence-electron chi connectivity index (χ3n) is 6.49. The largest absolute Gasteiger partial charge is 0.493 e. The van der Waals surface area contributed by atoms with Gasteiger partial charge in [-0.05, 0) is 42.0 Å². The Labute approximate surface area is 189 Å². The van der Waals surface area contributed by atoms with Crippen LogP contribution >= 0.6 is 11.3 Å². The van der Waals surface area contributed by atoms with Gasteiger partial charge in [0.15, 0.2) is 16.6 Å². The lowest BCUT2D eigenvalue weighted by Gasteiger charge is -2.29. The minimum absolute atomic E-state index is 0.0967. The molecule has 1 N–H and O–H groups in total. The number of hydrogen-bond donors (Lipinski definition) is 1. The highest BCUT2D eigenvalue weighted by atomic mass is 32.1. The first kappa shape index (κ1) is 22.1. The summed E-state index contributed by atoms with van der Waals surface area (Å²) in [6.07, 6.45) is 9.16. The molecular formula is C24H33N3O3S. The van der Waals surface area contributed by atoms with E-state index in [1.54, 1.807) is 14.2 Å². The summed E-state index contributed by atoms with van der Waals surface area (Å²) in [5.41, 5.74) is 3.60. The molecule has 0 unspecified atom stereocenters. The van der Waals surface area contributed by atoms with Crippen LogP contribution in [-0.2, 0) is 24.3 Å². The number of thiazole rings is 1. The van der Waals surface area contributed by atoms with E-state index >= 15 is 0 Å². The molecule has 1 saturated carbocycles. The molecule has 168 valence electrons. The molecule has 0 bridgehead atoms. The van der Waals surface area contributed by atoms with Gasteiger partial charge < -0.3 is 14.8 Å². The topological polar surface area (TPSA) is 63.7 Å². The summed E-state index contributed by atoms with van der Waals surface area (Å²) in [7, 11) is 3.35. The first-order chi connectivity index (χ1) is 15.1. The number of methoxy groups -OCH3 is 2. The maximum Gasteiger partial charge on any atom is 0.226 e. The summed E-state index contributed by atoms with van der Waals surface area (Å²) in [5.74, 6) is 2.39. The van der Waals surface area contributed by atoms with Crippen LogP contribution in [0.25, 0.3) is 0 Å². The van der Waals surface area contributed by atoms with Crippen molar-refractivity contribution in [3.8, 4) is 11.5 Å². The van der Waals surface area contributed by atoms with E-state index in [0.717, 1.165) is 55.6 Å². The van der Waals surface area contributed by atoms with E-state index in [1.807, 2.05) is 0 Å². The zero-order valence-corrected chi connectivity index (χ0v) is 19.4. The van der Waals surface area contributed by atoms with E-state index in [1.165, 1.54) is 54.6 Å². The summed E-state index contributed by atoms with van der Waals surface area (Å²) in [6.45, 7) is 2.61. The third-order valence-corrected chi connectivity index (χ3v) is 7.29. The Hall–Kier alpha value is -2.12. The zero-order chi connectivity index (χ0) is 21.6. The Kier molecular flexibility index (Phi) is 7.45. The summed E-state index contributed by atoms with van der Waals surface area (Å²) in [6, 6.07) is 4.18. The Balaban J connectivity index is 1.28. The van der Waals surface area contributed by atoms with E-state index in [-0.39, 0.29) is 5.91 Å². The highest BCUT2D eigenvalue weighted by molar-refractivity contribution is 7.13. The standard InChI is InChI=1S/C24H33N3O3S/c1-29-21-12-18-10-11-27(14-19(18)13-22(21)30-2)15-20-16-31-24(25-20)26-23(28)9-8-17-6-4-3-5-7-17/h12-13,16-17H,3-11,14-15H2,1-2H3,(H,25,26,28).